The predicted molar refractivity (Wildman–Crippen MR) is 235 cm³/mol. The Hall–Kier alpha value is -4.81. The first kappa shape index (κ1) is 41.9. The number of imide groups is 1. The molecule has 3 aromatic carbocycles. The number of ether oxygens (including phenoxy) is 1. The maximum absolute atomic E-state index is 13.2. The molecule has 0 radical (unpaired) electrons. The molecule has 3 fully saturated rings. The van der Waals surface area contributed by atoms with Crippen molar-refractivity contribution in [3.63, 3.8) is 0 Å². The van der Waals surface area contributed by atoms with Crippen LogP contribution in [-0.4, -0.2) is 127 Å². The minimum atomic E-state index is -2.47. The van der Waals surface area contributed by atoms with E-state index in [4.69, 9.17) is 21.3 Å². The van der Waals surface area contributed by atoms with E-state index in [1.54, 1.807) is 31.5 Å². The Morgan fingerprint density at radius 3 is 2.45 bits per heavy atom. The van der Waals surface area contributed by atoms with Crippen LogP contribution < -0.4 is 25.6 Å². The standard InChI is InChI=1S/C45H54ClN8O5P/c1-59-40-27-33(12-11-30(40)26-42-48-28-36(46)38(49-42)25-31-7-4-5-10-41(31)60(2,3)58)52-18-15-32(16-19-52)53-23-21-51(22-24-53)20-17-47-37-9-6-8-34-35(37)29-54(45(34)57)39-13-14-43(55)50-44(39)56/h4-12,27-28,32,39,47H,13-26,29H2,1-3H3,(H,50,55,56). The molecule has 1 unspecified atom stereocenters. The van der Waals surface area contributed by atoms with Gasteiger partial charge in [0.2, 0.25) is 11.8 Å². The van der Waals surface area contributed by atoms with Gasteiger partial charge in [0.05, 0.1) is 17.8 Å². The van der Waals surface area contributed by atoms with Gasteiger partial charge in [0.25, 0.3) is 5.91 Å². The zero-order valence-electron chi connectivity index (χ0n) is 34.7. The van der Waals surface area contributed by atoms with Gasteiger partial charge in [0.1, 0.15) is 24.8 Å². The Morgan fingerprint density at radius 1 is 0.917 bits per heavy atom. The monoisotopic (exact) mass is 852 g/mol. The molecule has 5 heterocycles. The van der Waals surface area contributed by atoms with E-state index in [-0.39, 0.29) is 18.2 Å². The zero-order valence-corrected chi connectivity index (χ0v) is 36.3. The van der Waals surface area contributed by atoms with Crippen molar-refractivity contribution in [1.82, 2.24) is 30.0 Å². The number of piperazine rings is 1. The van der Waals surface area contributed by atoms with Gasteiger partial charge in [-0.05, 0) is 56.4 Å². The lowest BCUT2D eigenvalue weighted by molar-refractivity contribution is -0.136. The topological polar surface area (TPSA) is 140 Å². The van der Waals surface area contributed by atoms with E-state index in [9.17, 15) is 18.9 Å². The van der Waals surface area contributed by atoms with Crippen LogP contribution in [0.5, 0.6) is 5.75 Å². The number of methoxy groups -OCH3 is 1. The van der Waals surface area contributed by atoms with Gasteiger partial charge in [-0.15, -0.1) is 0 Å². The maximum atomic E-state index is 13.2. The van der Waals surface area contributed by atoms with Crippen LogP contribution in [0.2, 0.25) is 5.02 Å². The van der Waals surface area contributed by atoms with Crippen molar-refractivity contribution >= 4 is 53.1 Å². The first-order chi connectivity index (χ1) is 28.9. The SMILES string of the molecule is COc1cc(N2CCC(N3CCN(CCNc4cccc5c4CN(C4CCC(=O)NC4=O)C5=O)CC3)CC2)ccc1Cc1ncc(Cl)c(Cc2ccccc2P(C)(C)=O)n1. The minimum absolute atomic E-state index is 0.152. The van der Waals surface area contributed by atoms with Crippen molar-refractivity contribution in [3.05, 3.63) is 106 Å². The van der Waals surface area contributed by atoms with Crippen LogP contribution in [0.15, 0.2) is 66.9 Å². The van der Waals surface area contributed by atoms with E-state index >= 15 is 0 Å². The maximum Gasteiger partial charge on any atom is 0.255 e. The van der Waals surface area contributed by atoms with E-state index in [0.717, 1.165) is 104 Å². The van der Waals surface area contributed by atoms with Gasteiger partial charge < -0.3 is 24.4 Å². The van der Waals surface area contributed by atoms with Crippen LogP contribution in [0.4, 0.5) is 11.4 Å². The molecule has 1 aromatic heterocycles. The summed E-state index contributed by atoms with van der Waals surface area (Å²) >= 11 is 6.57. The second-order valence-electron chi connectivity index (χ2n) is 16.7. The van der Waals surface area contributed by atoms with Gasteiger partial charge in [-0.3, -0.25) is 29.5 Å². The minimum Gasteiger partial charge on any atom is -0.496 e. The molecule has 4 aliphatic rings. The number of fused-ring (bicyclic) bond motifs is 1. The zero-order chi connectivity index (χ0) is 42.0. The summed E-state index contributed by atoms with van der Waals surface area (Å²) in [4.78, 5) is 56.0. The number of benzene rings is 3. The molecule has 4 aliphatic heterocycles. The van der Waals surface area contributed by atoms with E-state index < -0.39 is 19.1 Å². The molecule has 3 saturated heterocycles. The van der Waals surface area contributed by atoms with E-state index in [1.807, 2.05) is 42.5 Å². The highest BCUT2D eigenvalue weighted by atomic mass is 35.5. The average Bonchev–Trinajstić information content (AvgIpc) is 3.58. The molecular weight excluding hydrogens is 799 g/mol. The molecule has 0 spiro atoms. The lowest BCUT2D eigenvalue weighted by Crippen LogP contribution is -2.53. The lowest BCUT2D eigenvalue weighted by atomic mass is 10.0. The summed E-state index contributed by atoms with van der Waals surface area (Å²) in [6.07, 6.45) is 5.45. The van der Waals surface area contributed by atoms with Crippen molar-refractivity contribution in [2.75, 3.05) is 83.0 Å². The number of hydrogen-bond donors (Lipinski definition) is 2. The molecule has 316 valence electrons. The quantitative estimate of drug-likeness (QED) is 0.138. The number of rotatable bonds is 13. The highest BCUT2D eigenvalue weighted by Gasteiger charge is 2.40. The third-order valence-corrected chi connectivity index (χ3v) is 14.4. The number of anilines is 2. The molecule has 0 saturated carbocycles. The van der Waals surface area contributed by atoms with Gasteiger partial charge in [-0.2, -0.15) is 0 Å². The molecule has 15 heteroatoms. The Labute approximate surface area is 357 Å². The molecule has 60 heavy (non-hydrogen) atoms. The summed E-state index contributed by atoms with van der Waals surface area (Å²) in [5.74, 6) is 0.639. The Morgan fingerprint density at radius 2 is 1.70 bits per heavy atom. The van der Waals surface area contributed by atoms with Gasteiger partial charge in [0.15, 0.2) is 0 Å². The molecule has 4 aromatic rings. The van der Waals surface area contributed by atoms with Crippen molar-refractivity contribution in [1.29, 1.82) is 0 Å². The van der Waals surface area contributed by atoms with E-state index in [2.05, 4.69) is 48.5 Å². The largest absolute Gasteiger partial charge is 0.496 e. The summed E-state index contributed by atoms with van der Waals surface area (Å²) in [6.45, 7) is 11.7. The average molecular weight is 853 g/mol. The first-order valence-corrected chi connectivity index (χ1v) is 24.0. The summed E-state index contributed by atoms with van der Waals surface area (Å²) in [5.41, 5.74) is 6.31. The van der Waals surface area contributed by atoms with Crippen LogP contribution in [0.1, 0.15) is 64.2 Å². The fourth-order valence-corrected chi connectivity index (χ4v) is 10.7. The third kappa shape index (κ3) is 9.24. The van der Waals surface area contributed by atoms with Crippen molar-refractivity contribution in [3.8, 4) is 5.75 Å². The van der Waals surface area contributed by atoms with E-state index in [0.29, 0.717) is 54.0 Å². The summed E-state index contributed by atoms with van der Waals surface area (Å²) < 4.78 is 18.9. The highest BCUT2D eigenvalue weighted by Crippen LogP contribution is 2.37. The van der Waals surface area contributed by atoms with Crippen molar-refractivity contribution in [2.24, 2.45) is 0 Å². The third-order valence-electron chi connectivity index (χ3n) is 12.5. The van der Waals surface area contributed by atoms with Crippen LogP contribution in [0.3, 0.4) is 0 Å². The Bertz CT molecular complexity index is 2300. The van der Waals surface area contributed by atoms with Gasteiger partial charge in [-0.1, -0.05) is 48.0 Å². The lowest BCUT2D eigenvalue weighted by Gasteiger charge is -2.43. The number of piperidine rings is 2. The molecular formula is C45H54ClN8O5P. The van der Waals surface area contributed by atoms with Crippen molar-refractivity contribution in [2.45, 2.75) is 57.2 Å². The van der Waals surface area contributed by atoms with Gasteiger partial charge in [-0.25, -0.2) is 9.97 Å². The number of aromatic nitrogens is 2. The molecule has 8 rings (SSSR count). The highest BCUT2D eigenvalue weighted by molar-refractivity contribution is 7.70. The second-order valence-corrected chi connectivity index (χ2v) is 20.3. The van der Waals surface area contributed by atoms with Crippen LogP contribution in [-0.2, 0) is 33.5 Å². The fourth-order valence-electron chi connectivity index (χ4n) is 9.21. The summed E-state index contributed by atoms with van der Waals surface area (Å²) in [7, 11) is -0.763. The van der Waals surface area contributed by atoms with E-state index in [1.165, 1.54) is 0 Å². The number of carbonyl (C=O) groups excluding carboxylic acids is 3. The second kappa shape index (κ2) is 18.0. The number of carbonyl (C=O) groups is 3. The summed E-state index contributed by atoms with van der Waals surface area (Å²) in [5, 5.41) is 7.29. The van der Waals surface area contributed by atoms with Crippen molar-refractivity contribution < 1.29 is 23.7 Å². The molecule has 0 aliphatic carbocycles. The molecule has 0 bridgehead atoms. The number of nitrogens with one attached hydrogen (secondary N) is 2. The molecule has 13 nitrogen and oxygen atoms in total. The number of nitrogens with zero attached hydrogens (tertiary/aromatic N) is 6. The fraction of sp³-hybridized carbons (Fsp3) is 0.444. The van der Waals surface area contributed by atoms with Crippen LogP contribution >= 0.6 is 18.7 Å². The van der Waals surface area contributed by atoms with Gasteiger partial charge >= 0.3 is 0 Å². The molecule has 3 amide bonds. The number of halogens is 1. The predicted octanol–water partition coefficient (Wildman–Crippen LogP) is 5.03. The normalized spacial score (nSPS) is 19.4. The van der Waals surface area contributed by atoms with Gasteiger partial charge in [0, 0.05) is 130 Å². The first-order valence-electron chi connectivity index (χ1n) is 21.0. The van der Waals surface area contributed by atoms with Crippen LogP contribution in [0.25, 0.3) is 0 Å². The molecule has 1 atom stereocenters. The Balaban J connectivity index is 0.799. The van der Waals surface area contributed by atoms with Crippen LogP contribution in [0, 0.1) is 0 Å². The summed E-state index contributed by atoms with van der Waals surface area (Å²) in [6, 6.07) is 19.9. The number of amides is 3. The molecule has 2 N–H and O–H groups in total. The Kier molecular flexibility index (Phi) is 12.6. The smallest absolute Gasteiger partial charge is 0.255 e. The number of hydrogen-bond acceptors (Lipinski definition) is 11.